The molecule has 94 valence electrons. The van der Waals surface area contributed by atoms with E-state index in [1.807, 2.05) is 22.9 Å². The van der Waals surface area contributed by atoms with Crippen LogP contribution in [0.1, 0.15) is 27.7 Å². The fourth-order valence-corrected chi connectivity index (χ4v) is 0. The third-order valence-corrected chi connectivity index (χ3v) is 0. The van der Waals surface area contributed by atoms with Crippen molar-refractivity contribution < 1.29 is 29.0 Å². The topological polar surface area (TPSA) is 12.4 Å². The van der Waals surface area contributed by atoms with Crippen LogP contribution >= 0.6 is 51.3 Å². The molecule has 1 nitrogen and oxygen atoms in total. The van der Waals surface area contributed by atoms with E-state index >= 15 is 0 Å². The molecule has 0 unspecified atom stereocenters. The van der Waals surface area contributed by atoms with Crippen LogP contribution in [0, 0.1) is 27.7 Å². The van der Waals surface area contributed by atoms with E-state index in [4.69, 9.17) is 0 Å². The zero-order valence-corrected chi connectivity index (χ0v) is 18.7. The standard InChI is InChI=1S/4C2H5.2BrH.IN.Ni.Zn/c4*1-2;;;1-2;;/h4*1H2,2H3;2*1H;;;/q4*-1;;;;+2;/p-2. The summed E-state index contributed by atoms with van der Waals surface area (Å²) >= 11 is 9.02. The molecular weight excluding hydrogens is 521 g/mol. The molecule has 6 heteroatoms. The van der Waals surface area contributed by atoms with Crippen LogP contribution in [0.25, 0.3) is 0 Å². The van der Waals surface area contributed by atoms with Gasteiger partial charge < -0.3 is 27.7 Å². The van der Waals surface area contributed by atoms with E-state index < -0.39 is 0 Å². The first kappa shape index (κ1) is 36.0. The monoisotopic (exact) mass is 537 g/mol. The van der Waals surface area contributed by atoms with Crippen molar-refractivity contribution in [1.29, 1.82) is 0 Å². The number of hydrogen-bond donors (Lipinski definition) is 0. The van der Waals surface area contributed by atoms with Crippen molar-refractivity contribution in [3.8, 4) is 0 Å². The molecule has 0 rings (SSSR count). The quantitative estimate of drug-likeness (QED) is 0.199. The minimum atomic E-state index is 1.06. The number of nitrogens with zero attached hydrogens (tertiary/aromatic N) is 1. The summed E-state index contributed by atoms with van der Waals surface area (Å²) in [5.41, 5.74) is 0. The van der Waals surface area contributed by atoms with E-state index in [2.05, 4.69) is 58.0 Å². The fourth-order valence-electron chi connectivity index (χ4n) is 0. The van der Waals surface area contributed by atoms with Gasteiger partial charge in [0.2, 0.25) is 0 Å². The summed E-state index contributed by atoms with van der Waals surface area (Å²) in [6.45, 7) is 20.0. The van der Waals surface area contributed by atoms with Gasteiger partial charge in [0.05, 0.1) is 0 Å². The molecule has 0 N–H and O–H groups in total. The van der Waals surface area contributed by atoms with Gasteiger partial charge in [0, 0.05) is 0 Å². The molecule has 0 aromatic heterocycles. The Morgan fingerprint density at radius 2 is 0.929 bits per heavy atom. The zero-order chi connectivity index (χ0) is 13.4. The molecule has 0 fully saturated rings. The average molecular weight is 541 g/mol. The van der Waals surface area contributed by atoms with Gasteiger partial charge in [-0.15, -0.1) is 0 Å². The summed E-state index contributed by atoms with van der Waals surface area (Å²) in [5, 5.41) is 0. The van der Waals surface area contributed by atoms with Crippen LogP contribution in [0.3, 0.4) is 0 Å². The fraction of sp³-hybridized carbons (Fsp3) is 0.500. The van der Waals surface area contributed by atoms with Crippen LogP contribution < -0.4 is 0 Å². The van der Waals surface area contributed by atoms with E-state index in [1.165, 1.54) is 10.9 Å². The molecule has 0 aromatic rings. The molecule has 0 bridgehead atoms. The summed E-state index contributed by atoms with van der Waals surface area (Å²) in [6.07, 6.45) is 0. The molecule has 0 radical (unpaired) electrons. The summed E-state index contributed by atoms with van der Waals surface area (Å²) in [5.74, 6) is 0. The van der Waals surface area contributed by atoms with Crippen molar-refractivity contribution in [1.82, 2.24) is 0 Å². The molecule has 0 heterocycles. The van der Waals surface area contributed by atoms with Gasteiger partial charge in [-0.1, -0.05) is 0 Å². The van der Waals surface area contributed by atoms with Gasteiger partial charge in [-0.2, -0.15) is 27.7 Å². The Labute approximate surface area is 136 Å². The van der Waals surface area contributed by atoms with Crippen LogP contribution in [0.5, 0.6) is 0 Å². The second-order valence-electron chi connectivity index (χ2n) is 0.165. The van der Waals surface area contributed by atoms with E-state index in [1.54, 1.807) is 27.7 Å². The van der Waals surface area contributed by atoms with Crippen LogP contribution in [0.2, 0.25) is 0 Å². The average Bonchev–Trinajstić information content (AvgIpc) is 2.31. The van der Waals surface area contributed by atoms with Crippen molar-refractivity contribution in [2.24, 2.45) is 1.90 Å². The van der Waals surface area contributed by atoms with Gasteiger partial charge in [-0.25, -0.2) is 0 Å². The maximum atomic E-state index is 3.60. The Morgan fingerprint density at radius 3 is 0.929 bits per heavy atom. The van der Waals surface area contributed by atoms with Gasteiger partial charge >= 0.3 is 82.2 Å². The van der Waals surface area contributed by atoms with Gasteiger partial charge in [-0.3, -0.25) is 0 Å². The van der Waals surface area contributed by atoms with Crippen molar-refractivity contribution in [2.75, 3.05) is 0 Å². The molecule has 0 spiro atoms. The van der Waals surface area contributed by atoms with Crippen LogP contribution in [0.15, 0.2) is 1.90 Å². The first-order valence-electron chi connectivity index (χ1n) is 3.55. The summed E-state index contributed by atoms with van der Waals surface area (Å²) in [7, 11) is 1.25. The Balaban J connectivity index is -0.0000000139. The molecule has 14 heavy (non-hydrogen) atoms. The van der Waals surface area contributed by atoms with Crippen molar-refractivity contribution in [3.05, 3.63) is 27.7 Å². The SMILES string of the molecule is [Br][Ni][Br].[CH2-]C.[CH2-]C.[CH2-]C.[CH2-]C.[Zn]=[N]I. The number of rotatable bonds is 0. The molecule has 0 aliphatic heterocycles. The molecule has 0 amide bonds. The van der Waals surface area contributed by atoms with Gasteiger partial charge in [0.15, 0.2) is 0 Å². The molecular formula is C8H20Br2INNiZn-4. The van der Waals surface area contributed by atoms with Crippen LogP contribution in [-0.4, -0.2) is 0 Å². The Hall–Kier alpha value is 2.61. The first-order valence-corrected chi connectivity index (χ1v) is 10.7. The van der Waals surface area contributed by atoms with Crippen LogP contribution in [0.4, 0.5) is 0 Å². The Morgan fingerprint density at radius 1 is 0.929 bits per heavy atom. The van der Waals surface area contributed by atoms with Gasteiger partial charge in [0.1, 0.15) is 0 Å². The van der Waals surface area contributed by atoms with Gasteiger partial charge in [-0.05, 0) is 0 Å². The van der Waals surface area contributed by atoms with Gasteiger partial charge in [0.25, 0.3) is 0 Å². The first-order chi connectivity index (χ1) is 6.83. The normalized spacial score (nSPS) is 4.36. The van der Waals surface area contributed by atoms with Crippen molar-refractivity contribution in [2.45, 2.75) is 27.7 Å². The third-order valence-electron chi connectivity index (χ3n) is 0. The predicted molar refractivity (Wildman–Crippen MR) is 78.4 cm³/mol. The number of hydrogen-bond acceptors (Lipinski definition) is 1. The molecule has 0 aliphatic carbocycles. The summed E-state index contributed by atoms with van der Waals surface area (Å²) in [4.78, 5) is 0. The molecule has 0 atom stereocenters. The molecule has 0 saturated carbocycles. The van der Waals surface area contributed by atoms with Crippen molar-refractivity contribution >= 4 is 51.3 Å². The third kappa shape index (κ3) is 398. The molecule has 0 saturated heterocycles. The number of halogens is 3. The van der Waals surface area contributed by atoms with E-state index in [0.29, 0.717) is 0 Å². The maximum absolute atomic E-state index is 3.60. The van der Waals surface area contributed by atoms with Crippen LogP contribution in [-0.2, 0) is 29.0 Å². The second-order valence-corrected chi connectivity index (χ2v) is 9.20. The van der Waals surface area contributed by atoms with E-state index in [0.717, 1.165) is 18.1 Å². The minimum absolute atomic E-state index is 1.06. The Bertz CT molecular complexity index is 41.3. The van der Waals surface area contributed by atoms with E-state index in [-0.39, 0.29) is 0 Å². The predicted octanol–water partition coefficient (Wildman–Crippen LogP) is 6.12. The summed E-state index contributed by atoms with van der Waals surface area (Å²) in [6, 6.07) is 0. The zero-order valence-electron chi connectivity index (χ0n) is 9.43. The molecule has 0 aromatic carbocycles. The summed E-state index contributed by atoms with van der Waals surface area (Å²) < 4.78 is 3.60. The van der Waals surface area contributed by atoms with E-state index in [9.17, 15) is 0 Å². The Kier molecular flexibility index (Phi) is 403. The molecule has 0 aliphatic rings. The van der Waals surface area contributed by atoms with Crippen molar-refractivity contribution in [3.63, 3.8) is 0 Å². The second kappa shape index (κ2) is 157.